The van der Waals surface area contributed by atoms with Gasteiger partial charge >= 0.3 is 6.09 Å². The summed E-state index contributed by atoms with van der Waals surface area (Å²) in [6.45, 7) is 2.99. The topological polar surface area (TPSA) is 32.8 Å². The van der Waals surface area contributed by atoms with Gasteiger partial charge in [-0.2, -0.15) is 0 Å². The molecule has 0 spiro atoms. The third kappa shape index (κ3) is 6.48. The summed E-state index contributed by atoms with van der Waals surface area (Å²) in [4.78, 5) is 16.4. The van der Waals surface area contributed by atoms with Crippen molar-refractivity contribution in [3.8, 4) is 5.75 Å². The highest BCUT2D eigenvalue weighted by atomic mass is 35.5. The third-order valence-electron chi connectivity index (χ3n) is 5.71. The maximum absolute atomic E-state index is 12.5. The number of benzene rings is 2. The lowest BCUT2D eigenvalue weighted by Gasteiger charge is -2.34. The summed E-state index contributed by atoms with van der Waals surface area (Å²) >= 11 is 0. The Bertz CT molecular complexity index is 766. The van der Waals surface area contributed by atoms with E-state index in [2.05, 4.69) is 43.3 Å². The van der Waals surface area contributed by atoms with Gasteiger partial charge in [-0.3, -0.25) is 0 Å². The Balaban J connectivity index is 0.00000300. The van der Waals surface area contributed by atoms with E-state index >= 15 is 0 Å². The highest BCUT2D eigenvalue weighted by molar-refractivity contribution is 5.85. The summed E-state index contributed by atoms with van der Waals surface area (Å²) in [6, 6.07) is 16.9. The van der Waals surface area contributed by atoms with Crippen molar-refractivity contribution in [1.29, 1.82) is 0 Å². The normalized spacial score (nSPS) is 18.8. The van der Waals surface area contributed by atoms with Crippen LogP contribution in [0.25, 0.3) is 0 Å². The molecule has 0 saturated heterocycles. The van der Waals surface area contributed by atoms with E-state index in [4.69, 9.17) is 4.74 Å². The van der Waals surface area contributed by atoms with E-state index in [1.807, 2.05) is 38.2 Å². The molecule has 1 saturated carbocycles. The van der Waals surface area contributed by atoms with Crippen molar-refractivity contribution in [3.63, 3.8) is 0 Å². The molecule has 1 aliphatic rings. The Morgan fingerprint density at radius 3 is 2.07 bits per heavy atom. The first-order valence-electron chi connectivity index (χ1n) is 10.2. The van der Waals surface area contributed by atoms with Gasteiger partial charge in [-0.25, -0.2) is 4.79 Å². The van der Waals surface area contributed by atoms with Gasteiger partial charge in [0.1, 0.15) is 5.75 Å². The van der Waals surface area contributed by atoms with Crippen LogP contribution in [0.15, 0.2) is 48.5 Å². The fraction of sp³-hybridized carbons (Fsp3) is 0.458. The number of ether oxygens (including phenoxy) is 1. The highest BCUT2D eigenvalue weighted by Crippen LogP contribution is 2.34. The van der Waals surface area contributed by atoms with E-state index in [1.165, 1.54) is 11.1 Å². The van der Waals surface area contributed by atoms with Gasteiger partial charge in [-0.05, 0) is 75.9 Å². The number of rotatable bonds is 5. The van der Waals surface area contributed by atoms with E-state index in [1.54, 1.807) is 4.90 Å². The summed E-state index contributed by atoms with van der Waals surface area (Å²) < 4.78 is 5.52. The van der Waals surface area contributed by atoms with Crippen molar-refractivity contribution in [2.24, 2.45) is 0 Å². The number of halogens is 1. The molecule has 0 radical (unpaired) electrons. The van der Waals surface area contributed by atoms with Gasteiger partial charge in [-0.1, -0.05) is 42.0 Å². The lowest BCUT2D eigenvalue weighted by molar-refractivity contribution is 0.130. The molecule has 0 atom stereocenters. The van der Waals surface area contributed by atoms with Gasteiger partial charge in [0.2, 0.25) is 0 Å². The maximum Gasteiger partial charge on any atom is 0.415 e. The lowest BCUT2D eigenvalue weighted by atomic mass is 9.81. The summed E-state index contributed by atoms with van der Waals surface area (Å²) in [5, 5.41) is 0. The van der Waals surface area contributed by atoms with Gasteiger partial charge in [0.15, 0.2) is 0 Å². The first-order valence-corrected chi connectivity index (χ1v) is 10.2. The zero-order chi connectivity index (χ0) is 20.1. The Hall–Kier alpha value is -2.04. The molecule has 0 heterocycles. The number of hydrogen-bond donors (Lipinski definition) is 0. The minimum absolute atomic E-state index is 0. The van der Waals surface area contributed by atoms with Crippen LogP contribution in [-0.4, -0.2) is 43.1 Å². The van der Waals surface area contributed by atoms with E-state index < -0.39 is 0 Å². The van der Waals surface area contributed by atoms with Crippen molar-refractivity contribution in [3.05, 3.63) is 65.2 Å². The van der Waals surface area contributed by atoms with Crippen LogP contribution < -0.4 is 4.74 Å². The number of carbonyl (C=O) groups excluding carboxylic acids is 1. The molecule has 0 bridgehead atoms. The Morgan fingerprint density at radius 2 is 1.52 bits per heavy atom. The van der Waals surface area contributed by atoms with Crippen LogP contribution in [0.4, 0.5) is 4.79 Å². The van der Waals surface area contributed by atoms with Crippen LogP contribution >= 0.6 is 12.4 Å². The largest absolute Gasteiger partial charge is 0.415 e. The van der Waals surface area contributed by atoms with Gasteiger partial charge in [0, 0.05) is 19.6 Å². The number of hydrogen-bond acceptors (Lipinski definition) is 3. The van der Waals surface area contributed by atoms with Gasteiger partial charge in [0.25, 0.3) is 0 Å². The molecule has 1 aliphatic carbocycles. The van der Waals surface area contributed by atoms with Crippen molar-refractivity contribution >= 4 is 18.5 Å². The van der Waals surface area contributed by atoms with Gasteiger partial charge in [0.05, 0.1) is 0 Å². The molecule has 29 heavy (non-hydrogen) atoms. The quantitative estimate of drug-likeness (QED) is 0.632. The van der Waals surface area contributed by atoms with Crippen molar-refractivity contribution in [2.75, 3.05) is 21.1 Å². The molecular weight excluding hydrogens is 384 g/mol. The molecule has 2 aromatic rings. The number of amides is 1. The first kappa shape index (κ1) is 23.2. The van der Waals surface area contributed by atoms with Crippen molar-refractivity contribution < 1.29 is 9.53 Å². The fourth-order valence-electron chi connectivity index (χ4n) is 3.99. The third-order valence-corrected chi connectivity index (χ3v) is 5.71. The minimum Gasteiger partial charge on any atom is -0.410 e. The first-order chi connectivity index (χ1) is 13.4. The second kappa shape index (κ2) is 10.7. The fourth-order valence-corrected chi connectivity index (χ4v) is 3.99. The summed E-state index contributed by atoms with van der Waals surface area (Å²) in [5.74, 6) is 1.19. The van der Waals surface area contributed by atoms with Crippen LogP contribution in [-0.2, 0) is 6.54 Å². The second-order valence-corrected chi connectivity index (χ2v) is 8.28. The highest BCUT2D eigenvalue weighted by Gasteiger charge is 2.28. The van der Waals surface area contributed by atoms with E-state index in [9.17, 15) is 4.79 Å². The van der Waals surface area contributed by atoms with Crippen LogP contribution in [0.1, 0.15) is 48.3 Å². The molecular formula is C24H33ClN2O2. The average Bonchev–Trinajstić information content (AvgIpc) is 2.69. The SMILES string of the molecule is Cc1ccc(OC(=O)N(C)C2CCC(c3ccc(CN(C)C)cc3)CC2)cc1.Cl. The summed E-state index contributed by atoms with van der Waals surface area (Å²) in [5.41, 5.74) is 3.92. The Kier molecular flexibility index (Phi) is 8.54. The van der Waals surface area contributed by atoms with E-state index in [0.29, 0.717) is 11.7 Å². The zero-order valence-corrected chi connectivity index (χ0v) is 18.7. The Labute approximate surface area is 181 Å². The van der Waals surface area contributed by atoms with Crippen LogP contribution in [0.2, 0.25) is 0 Å². The van der Waals surface area contributed by atoms with Gasteiger partial charge < -0.3 is 14.5 Å². The summed E-state index contributed by atoms with van der Waals surface area (Å²) in [6.07, 6.45) is 3.99. The molecule has 5 heteroatoms. The molecule has 0 aromatic heterocycles. The van der Waals surface area contributed by atoms with Crippen LogP contribution in [0.5, 0.6) is 5.75 Å². The molecule has 4 nitrogen and oxygen atoms in total. The maximum atomic E-state index is 12.5. The van der Waals surface area contributed by atoms with Crippen molar-refractivity contribution in [2.45, 2.75) is 51.1 Å². The number of carbonyl (C=O) groups is 1. The summed E-state index contributed by atoms with van der Waals surface area (Å²) in [7, 11) is 6.04. The smallest absolute Gasteiger partial charge is 0.410 e. The van der Waals surface area contributed by atoms with E-state index in [-0.39, 0.29) is 24.5 Å². The monoisotopic (exact) mass is 416 g/mol. The molecule has 3 rings (SSSR count). The number of nitrogens with zero attached hydrogens (tertiary/aromatic N) is 2. The van der Waals surface area contributed by atoms with Crippen LogP contribution in [0, 0.1) is 6.92 Å². The van der Waals surface area contributed by atoms with Gasteiger partial charge in [-0.15, -0.1) is 12.4 Å². The molecule has 158 valence electrons. The predicted octanol–water partition coefficient (Wildman–Crippen LogP) is 5.64. The zero-order valence-electron chi connectivity index (χ0n) is 17.9. The predicted molar refractivity (Wildman–Crippen MR) is 121 cm³/mol. The molecule has 2 aromatic carbocycles. The van der Waals surface area contributed by atoms with Crippen molar-refractivity contribution in [1.82, 2.24) is 9.80 Å². The second-order valence-electron chi connectivity index (χ2n) is 8.28. The Morgan fingerprint density at radius 1 is 0.931 bits per heavy atom. The lowest BCUT2D eigenvalue weighted by Crippen LogP contribution is -2.40. The molecule has 1 fully saturated rings. The van der Waals surface area contributed by atoms with E-state index in [0.717, 1.165) is 37.8 Å². The molecule has 0 aliphatic heterocycles. The average molecular weight is 417 g/mol. The molecule has 1 amide bonds. The molecule has 0 unspecified atom stereocenters. The minimum atomic E-state index is -0.264. The van der Waals surface area contributed by atoms with Crippen LogP contribution in [0.3, 0.4) is 0 Å². The molecule has 0 N–H and O–H groups in total. The standard InChI is InChI=1S/C24H32N2O2.ClH/c1-18-5-15-23(16-6-18)28-24(27)26(4)22-13-11-21(12-14-22)20-9-7-19(8-10-20)17-25(2)3;/h5-10,15-16,21-22H,11-14,17H2,1-4H3;1H. The number of aryl methyl sites for hydroxylation is 1.